The number of alkyl halides is 3. The Labute approximate surface area is 85.3 Å². The molecular weight excluding hydrogens is 209 g/mol. The van der Waals surface area contributed by atoms with E-state index < -0.39 is 12.3 Å². The van der Waals surface area contributed by atoms with Crippen LogP contribution in [0, 0.1) is 0 Å². The number of aromatic nitrogens is 1. The van der Waals surface area contributed by atoms with Crippen LogP contribution in [0.2, 0.25) is 0 Å². The van der Waals surface area contributed by atoms with Crippen LogP contribution in [-0.4, -0.2) is 24.3 Å². The minimum atomic E-state index is -4.37. The number of pyridine rings is 1. The van der Waals surface area contributed by atoms with E-state index in [0.29, 0.717) is 5.69 Å². The van der Waals surface area contributed by atoms with E-state index in [-0.39, 0.29) is 5.88 Å². The van der Waals surface area contributed by atoms with Crippen LogP contribution in [0.15, 0.2) is 18.3 Å². The van der Waals surface area contributed by atoms with Gasteiger partial charge < -0.3 is 10.1 Å². The molecule has 84 valence electrons. The van der Waals surface area contributed by atoms with Gasteiger partial charge in [-0.05, 0) is 13.0 Å². The molecule has 1 aromatic heterocycles. The van der Waals surface area contributed by atoms with Crippen LogP contribution in [-0.2, 0) is 0 Å². The highest BCUT2D eigenvalue weighted by Crippen LogP contribution is 2.24. The Kier molecular flexibility index (Phi) is 3.39. The number of ether oxygens (including phenoxy) is 1. The Hall–Kier alpha value is -1.46. The summed E-state index contributed by atoms with van der Waals surface area (Å²) in [6, 6.07) is 2.97. The molecule has 3 nitrogen and oxygen atoms in total. The lowest BCUT2D eigenvalue weighted by molar-refractivity contribution is -0.189. The van der Waals surface area contributed by atoms with Crippen molar-refractivity contribution in [3.63, 3.8) is 0 Å². The second kappa shape index (κ2) is 4.37. The van der Waals surface area contributed by atoms with Crippen molar-refractivity contribution in [1.29, 1.82) is 0 Å². The molecule has 0 saturated carbocycles. The Morgan fingerprint density at radius 3 is 2.47 bits per heavy atom. The lowest BCUT2D eigenvalue weighted by atomic mass is 10.4. The second-order valence-electron chi connectivity index (χ2n) is 2.94. The zero-order valence-electron chi connectivity index (χ0n) is 8.30. The quantitative estimate of drug-likeness (QED) is 0.849. The third kappa shape index (κ3) is 3.30. The van der Waals surface area contributed by atoms with Crippen molar-refractivity contribution in [3.8, 4) is 5.88 Å². The first kappa shape index (κ1) is 11.6. The van der Waals surface area contributed by atoms with Crippen molar-refractivity contribution in [2.45, 2.75) is 19.2 Å². The Bertz CT molecular complexity index is 310. The van der Waals surface area contributed by atoms with Gasteiger partial charge in [0, 0.05) is 13.1 Å². The smallest absolute Gasteiger partial charge is 0.425 e. The number of nitrogens with zero attached hydrogens (tertiary/aromatic N) is 1. The van der Waals surface area contributed by atoms with E-state index in [1.54, 1.807) is 13.1 Å². The summed E-state index contributed by atoms with van der Waals surface area (Å²) in [5, 5.41) is 2.80. The molecule has 0 spiro atoms. The van der Waals surface area contributed by atoms with Crippen LogP contribution in [0.4, 0.5) is 18.9 Å². The molecule has 1 atom stereocenters. The van der Waals surface area contributed by atoms with E-state index in [1.807, 2.05) is 0 Å². The first-order chi connectivity index (χ1) is 6.93. The zero-order chi connectivity index (χ0) is 11.5. The average molecular weight is 220 g/mol. The molecule has 0 aliphatic carbocycles. The van der Waals surface area contributed by atoms with Gasteiger partial charge in [0.1, 0.15) is 0 Å². The average Bonchev–Trinajstić information content (AvgIpc) is 2.17. The maximum atomic E-state index is 12.1. The molecule has 1 heterocycles. The topological polar surface area (TPSA) is 34.1 Å². The van der Waals surface area contributed by atoms with E-state index >= 15 is 0 Å². The van der Waals surface area contributed by atoms with Crippen LogP contribution in [0.5, 0.6) is 5.88 Å². The number of halogens is 3. The summed E-state index contributed by atoms with van der Waals surface area (Å²) in [4.78, 5) is 3.72. The molecule has 1 rings (SSSR count). The first-order valence-corrected chi connectivity index (χ1v) is 4.30. The van der Waals surface area contributed by atoms with Gasteiger partial charge >= 0.3 is 6.18 Å². The van der Waals surface area contributed by atoms with E-state index in [0.717, 1.165) is 6.92 Å². The minimum absolute atomic E-state index is 0.0428. The molecule has 1 unspecified atom stereocenters. The molecule has 0 fully saturated rings. The fourth-order valence-electron chi connectivity index (χ4n) is 0.846. The highest BCUT2D eigenvalue weighted by atomic mass is 19.4. The van der Waals surface area contributed by atoms with Crippen molar-refractivity contribution in [2.75, 3.05) is 12.4 Å². The maximum Gasteiger partial charge on any atom is 0.425 e. The van der Waals surface area contributed by atoms with E-state index in [4.69, 9.17) is 0 Å². The van der Waals surface area contributed by atoms with Crippen molar-refractivity contribution in [1.82, 2.24) is 4.98 Å². The molecule has 0 aromatic carbocycles. The largest absolute Gasteiger partial charge is 0.465 e. The predicted molar refractivity (Wildman–Crippen MR) is 49.9 cm³/mol. The molecule has 1 aromatic rings. The van der Waals surface area contributed by atoms with Gasteiger partial charge in [-0.2, -0.15) is 13.2 Å². The van der Waals surface area contributed by atoms with Gasteiger partial charge in [0.2, 0.25) is 5.88 Å². The number of hydrogen-bond acceptors (Lipinski definition) is 3. The molecule has 0 amide bonds. The van der Waals surface area contributed by atoms with Gasteiger partial charge in [0.05, 0.1) is 11.9 Å². The summed E-state index contributed by atoms with van der Waals surface area (Å²) >= 11 is 0. The van der Waals surface area contributed by atoms with Gasteiger partial charge in [0.25, 0.3) is 0 Å². The number of hydrogen-bond donors (Lipinski definition) is 1. The fraction of sp³-hybridized carbons (Fsp3) is 0.444. The van der Waals surface area contributed by atoms with Crippen LogP contribution in [0.1, 0.15) is 6.92 Å². The molecule has 0 aliphatic rings. The summed E-state index contributed by atoms with van der Waals surface area (Å²) in [5.74, 6) is -0.0428. The fourth-order valence-corrected chi connectivity index (χ4v) is 0.846. The summed E-state index contributed by atoms with van der Waals surface area (Å²) in [7, 11) is 1.69. The Morgan fingerprint density at radius 1 is 1.40 bits per heavy atom. The molecule has 0 bridgehead atoms. The lowest BCUT2D eigenvalue weighted by Gasteiger charge is -2.16. The first-order valence-electron chi connectivity index (χ1n) is 4.30. The van der Waals surface area contributed by atoms with Gasteiger partial charge in [0.15, 0.2) is 6.10 Å². The van der Waals surface area contributed by atoms with Crippen molar-refractivity contribution in [2.24, 2.45) is 0 Å². The van der Waals surface area contributed by atoms with Gasteiger partial charge in [-0.1, -0.05) is 0 Å². The summed E-state index contributed by atoms with van der Waals surface area (Å²) in [6.45, 7) is 0.938. The third-order valence-corrected chi connectivity index (χ3v) is 1.78. The standard InChI is InChI=1S/C9H11F3N2O/c1-6(9(10,11)12)15-8-4-3-7(13-2)5-14-8/h3-6,13H,1-2H3. The van der Waals surface area contributed by atoms with Crippen LogP contribution >= 0.6 is 0 Å². The zero-order valence-corrected chi connectivity index (χ0v) is 8.30. The van der Waals surface area contributed by atoms with E-state index in [2.05, 4.69) is 15.0 Å². The van der Waals surface area contributed by atoms with Gasteiger partial charge in [-0.25, -0.2) is 4.98 Å². The summed E-state index contributed by atoms with van der Waals surface area (Å²) in [6.07, 6.45) is -4.83. The van der Waals surface area contributed by atoms with Gasteiger partial charge in [-0.3, -0.25) is 0 Å². The maximum absolute atomic E-state index is 12.1. The third-order valence-electron chi connectivity index (χ3n) is 1.78. The van der Waals surface area contributed by atoms with E-state index in [9.17, 15) is 13.2 Å². The Balaban J connectivity index is 2.65. The molecule has 0 aliphatic heterocycles. The number of nitrogens with one attached hydrogen (secondary N) is 1. The normalized spacial score (nSPS) is 13.4. The lowest BCUT2D eigenvalue weighted by Crippen LogP contribution is -2.31. The van der Waals surface area contributed by atoms with Crippen molar-refractivity contribution < 1.29 is 17.9 Å². The molecule has 1 N–H and O–H groups in total. The van der Waals surface area contributed by atoms with Crippen LogP contribution < -0.4 is 10.1 Å². The van der Waals surface area contributed by atoms with Crippen molar-refractivity contribution in [3.05, 3.63) is 18.3 Å². The SMILES string of the molecule is CNc1ccc(OC(C)C(F)(F)F)nc1. The highest BCUT2D eigenvalue weighted by molar-refractivity contribution is 5.41. The number of anilines is 1. The van der Waals surface area contributed by atoms with Gasteiger partial charge in [-0.15, -0.1) is 0 Å². The van der Waals surface area contributed by atoms with E-state index in [1.165, 1.54) is 12.3 Å². The molecule has 0 radical (unpaired) electrons. The molecular formula is C9H11F3N2O. The summed E-state index contributed by atoms with van der Waals surface area (Å²) in [5.41, 5.74) is 0.710. The number of rotatable bonds is 3. The van der Waals surface area contributed by atoms with Crippen LogP contribution in [0.25, 0.3) is 0 Å². The second-order valence-corrected chi connectivity index (χ2v) is 2.94. The molecule has 6 heteroatoms. The molecule has 0 saturated heterocycles. The van der Waals surface area contributed by atoms with Crippen molar-refractivity contribution >= 4 is 5.69 Å². The monoisotopic (exact) mass is 220 g/mol. The highest BCUT2D eigenvalue weighted by Gasteiger charge is 2.38. The summed E-state index contributed by atoms with van der Waals surface area (Å²) < 4.78 is 41.0. The minimum Gasteiger partial charge on any atom is -0.465 e. The Morgan fingerprint density at radius 2 is 2.07 bits per heavy atom. The van der Waals surface area contributed by atoms with Crippen LogP contribution in [0.3, 0.4) is 0 Å². The molecule has 15 heavy (non-hydrogen) atoms. The predicted octanol–water partition coefficient (Wildman–Crippen LogP) is 2.45.